The Kier molecular flexibility index (Phi) is 14.9. The van der Waals surface area contributed by atoms with E-state index in [1.807, 2.05) is 26.4 Å². The number of unbranched alkanes of at least 4 members (excludes halogenated alkanes) is 1. The van der Waals surface area contributed by atoms with Crippen molar-refractivity contribution in [2.24, 2.45) is 4.99 Å². The van der Waals surface area contributed by atoms with Crippen molar-refractivity contribution in [3.8, 4) is 0 Å². The Balaban J connectivity index is 0.00000576. The molecule has 0 spiro atoms. The molecular formula is C17H35IN6O. The minimum Gasteiger partial charge on any atom is -0.385 e. The highest BCUT2D eigenvalue weighted by Gasteiger charge is 2.01. The molecule has 146 valence electrons. The number of halogens is 1. The van der Waals surface area contributed by atoms with E-state index in [0.29, 0.717) is 0 Å². The molecule has 0 saturated heterocycles. The molecule has 0 aliphatic rings. The van der Waals surface area contributed by atoms with Crippen LogP contribution in [0.3, 0.4) is 0 Å². The smallest absolute Gasteiger partial charge is 0.191 e. The third-order valence-electron chi connectivity index (χ3n) is 3.94. The summed E-state index contributed by atoms with van der Waals surface area (Å²) in [6, 6.07) is 0. The van der Waals surface area contributed by atoms with E-state index in [1.54, 1.807) is 7.11 Å². The molecule has 0 amide bonds. The van der Waals surface area contributed by atoms with Gasteiger partial charge in [-0.15, -0.1) is 24.0 Å². The number of aromatic nitrogens is 2. The standard InChI is InChI=1S/C17H34N6O.HI/c1-16-19-10-14-23(16)12-6-5-8-20-17(18-2)21-9-13-22(3)11-7-15-24-4;/h10,14H,5-9,11-13,15H2,1-4H3,(H2,18,20,21);1H. The highest BCUT2D eigenvalue weighted by atomic mass is 127. The molecular weight excluding hydrogens is 431 g/mol. The molecule has 25 heavy (non-hydrogen) atoms. The number of likely N-dealkylation sites (N-methyl/N-ethyl adjacent to an activating group) is 1. The first-order chi connectivity index (χ1) is 11.7. The molecule has 0 atom stereocenters. The summed E-state index contributed by atoms with van der Waals surface area (Å²) >= 11 is 0. The largest absolute Gasteiger partial charge is 0.385 e. The summed E-state index contributed by atoms with van der Waals surface area (Å²) in [5.41, 5.74) is 0. The normalized spacial score (nSPS) is 11.5. The van der Waals surface area contributed by atoms with Crippen LogP contribution in [0.4, 0.5) is 0 Å². The number of aryl methyl sites for hydroxylation is 2. The minimum atomic E-state index is 0. The summed E-state index contributed by atoms with van der Waals surface area (Å²) in [4.78, 5) is 10.8. The van der Waals surface area contributed by atoms with E-state index in [-0.39, 0.29) is 24.0 Å². The predicted octanol–water partition coefficient (Wildman–Crippen LogP) is 1.72. The zero-order chi connectivity index (χ0) is 17.6. The zero-order valence-electron chi connectivity index (χ0n) is 16.1. The van der Waals surface area contributed by atoms with Gasteiger partial charge >= 0.3 is 0 Å². The molecule has 0 fully saturated rings. The van der Waals surface area contributed by atoms with Crippen LogP contribution in [0.25, 0.3) is 0 Å². The van der Waals surface area contributed by atoms with Crippen LogP contribution in [0.2, 0.25) is 0 Å². The number of rotatable bonds is 12. The van der Waals surface area contributed by atoms with Crippen LogP contribution >= 0.6 is 24.0 Å². The first-order valence-electron chi connectivity index (χ1n) is 8.77. The Bertz CT molecular complexity index is 466. The summed E-state index contributed by atoms with van der Waals surface area (Å²) < 4.78 is 7.26. The monoisotopic (exact) mass is 466 g/mol. The van der Waals surface area contributed by atoms with Crippen LogP contribution in [0.1, 0.15) is 25.1 Å². The third-order valence-corrected chi connectivity index (χ3v) is 3.94. The van der Waals surface area contributed by atoms with Gasteiger partial charge in [0.2, 0.25) is 0 Å². The SMILES string of the molecule is CN=C(NCCCCn1ccnc1C)NCCN(C)CCCOC.I. The zero-order valence-corrected chi connectivity index (χ0v) is 18.5. The molecule has 0 unspecified atom stereocenters. The maximum absolute atomic E-state index is 5.07. The molecule has 8 heteroatoms. The molecule has 0 bridgehead atoms. The van der Waals surface area contributed by atoms with Gasteiger partial charge in [0.25, 0.3) is 0 Å². The molecule has 7 nitrogen and oxygen atoms in total. The first kappa shape index (κ1) is 24.1. The van der Waals surface area contributed by atoms with Crippen molar-refractivity contribution in [1.29, 1.82) is 0 Å². The molecule has 1 aromatic rings. The predicted molar refractivity (Wildman–Crippen MR) is 115 cm³/mol. The van der Waals surface area contributed by atoms with Crippen LogP contribution in [0.15, 0.2) is 17.4 Å². The van der Waals surface area contributed by atoms with Gasteiger partial charge < -0.3 is 24.8 Å². The van der Waals surface area contributed by atoms with Crippen LogP contribution in [-0.2, 0) is 11.3 Å². The van der Waals surface area contributed by atoms with Crippen molar-refractivity contribution in [2.45, 2.75) is 32.7 Å². The third kappa shape index (κ3) is 11.4. The van der Waals surface area contributed by atoms with Gasteiger partial charge in [-0.25, -0.2) is 4.98 Å². The number of nitrogens with one attached hydrogen (secondary N) is 2. The van der Waals surface area contributed by atoms with Gasteiger partial charge in [-0.3, -0.25) is 4.99 Å². The van der Waals surface area contributed by atoms with E-state index in [2.05, 4.69) is 37.1 Å². The summed E-state index contributed by atoms with van der Waals surface area (Å²) in [6.45, 7) is 7.73. The van der Waals surface area contributed by atoms with Crippen molar-refractivity contribution in [2.75, 3.05) is 54.0 Å². The number of ether oxygens (including phenoxy) is 1. The summed E-state index contributed by atoms with van der Waals surface area (Å²) in [5, 5.41) is 6.72. The topological polar surface area (TPSA) is 66.7 Å². The second-order valence-electron chi connectivity index (χ2n) is 5.95. The highest BCUT2D eigenvalue weighted by Crippen LogP contribution is 1.99. The van der Waals surface area contributed by atoms with E-state index in [0.717, 1.165) is 70.4 Å². The van der Waals surface area contributed by atoms with E-state index in [9.17, 15) is 0 Å². The first-order valence-corrected chi connectivity index (χ1v) is 8.77. The fraction of sp³-hybridized carbons (Fsp3) is 0.765. The lowest BCUT2D eigenvalue weighted by atomic mass is 10.3. The van der Waals surface area contributed by atoms with Gasteiger partial charge in [0.1, 0.15) is 5.82 Å². The number of methoxy groups -OCH3 is 1. The van der Waals surface area contributed by atoms with Crippen molar-refractivity contribution < 1.29 is 4.74 Å². The Morgan fingerprint density at radius 3 is 2.64 bits per heavy atom. The van der Waals surface area contributed by atoms with Gasteiger partial charge in [-0.1, -0.05) is 0 Å². The molecule has 0 aliphatic carbocycles. The van der Waals surface area contributed by atoms with E-state index < -0.39 is 0 Å². The lowest BCUT2D eigenvalue weighted by Gasteiger charge is -2.18. The molecule has 0 radical (unpaired) electrons. The maximum atomic E-state index is 5.07. The van der Waals surface area contributed by atoms with Gasteiger partial charge in [0, 0.05) is 65.9 Å². The summed E-state index contributed by atoms with van der Waals surface area (Å²) in [7, 11) is 5.69. The van der Waals surface area contributed by atoms with Gasteiger partial charge in [-0.05, 0) is 33.2 Å². The average molecular weight is 466 g/mol. The number of guanidine groups is 1. The van der Waals surface area contributed by atoms with Gasteiger partial charge in [0.15, 0.2) is 5.96 Å². The van der Waals surface area contributed by atoms with Crippen molar-refractivity contribution in [3.63, 3.8) is 0 Å². The molecule has 0 aromatic carbocycles. The Morgan fingerprint density at radius 1 is 1.24 bits per heavy atom. The van der Waals surface area contributed by atoms with Crippen LogP contribution in [0.5, 0.6) is 0 Å². The second-order valence-corrected chi connectivity index (χ2v) is 5.95. The fourth-order valence-corrected chi connectivity index (χ4v) is 2.43. The van der Waals surface area contributed by atoms with Crippen LogP contribution < -0.4 is 10.6 Å². The lowest BCUT2D eigenvalue weighted by molar-refractivity contribution is 0.180. The van der Waals surface area contributed by atoms with Crippen LogP contribution in [0, 0.1) is 6.92 Å². The number of aliphatic imine (C=N–C) groups is 1. The summed E-state index contributed by atoms with van der Waals surface area (Å²) in [5.74, 6) is 1.95. The molecule has 0 saturated carbocycles. The quantitative estimate of drug-likeness (QED) is 0.213. The summed E-state index contributed by atoms with van der Waals surface area (Å²) in [6.07, 6.45) is 7.19. The van der Waals surface area contributed by atoms with E-state index in [4.69, 9.17) is 4.74 Å². The molecule has 0 aliphatic heterocycles. The average Bonchev–Trinajstić information content (AvgIpc) is 2.98. The molecule has 1 rings (SSSR count). The Hall–Kier alpha value is -0.870. The fourth-order valence-electron chi connectivity index (χ4n) is 2.43. The van der Waals surface area contributed by atoms with Crippen LogP contribution in [-0.4, -0.2) is 74.4 Å². The highest BCUT2D eigenvalue weighted by molar-refractivity contribution is 14.0. The number of hydrogen-bond donors (Lipinski definition) is 2. The molecule has 1 aromatic heterocycles. The molecule has 1 heterocycles. The Morgan fingerprint density at radius 2 is 2.00 bits per heavy atom. The number of hydrogen-bond acceptors (Lipinski definition) is 4. The van der Waals surface area contributed by atoms with Gasteiger partial charge in [0.05, 0.1) is 0 Å². The van der Waals surface area contributed by atoms with E-state index >= 15 is 0 Å². The second kappa shape index (κ2) is 15.4. The lowest BCUT2D eigenvalue weighted by Crippen LogP contribution is -2.41. The van der Waals surface area contributed by atoms with Crippen molar-refractivity contribution >= 4 is 29.9 Å². The Labute approximate surface area is 169 Å². The molecule has 2 N–H and O–H groups in total. The van der Waals surface area contributed by atoms with Gasteiger partial charge in [-0.2, -0.15) is 0 Å². The number of nitrogens with zero attached hydrogens (tertiary/aromatic N) is 4. The van der Waals surface area contributed by atoms with E-state index in [1.165, 1.54) is 0 Å². The maximum Gasteiger partial charge on any atom is 0.191 e. The van der Waals surface area contributed by atoms with Crippen molar-refractivity contribution in [1.82, 2.24) is 25.1 Å². The minimum absolute atomic E-state index is 0. The van der Waals surface area contributed by atoms with Crippen molar-refractivity contribution in [3.05, 3.63) is 18.2 Å². The number of imidazole rings is 1.